The number of nitro groups is 4. The molecule has 0 heterocycles. The van der Waals surface area contributed by atoms with Crippen LogP contribution in [-0.4, -0.2) is 31.1 Å². The van der Waals surface area contributed by atoms with Crippen molar-refractivity contribution in [3.05, 3.63) is 76.9 Å². The lowest BCUT2D eigenvalue weighted by Crippen LogP contribution is -2.48. The molecule has 0 saturated heterocycles. The van der Waals surface area contributed by atoms with Crippen molar-refractivity contribution in [3.63, 3.8) is 0 Å². The summed E-state index contributed by atoms with van der Waals surface area (Å²) >= 11 is 0. The van der Waals surface area contributed by atoms with E-state index in [1.807, 2.05) is 0 Å². The molecule has 5 fully saturated rings. The highest BCUT2D eigenvalue weighted by molar-refractivity contribution is 6.11. The Bertz CT molecular complexity index is 1470. The monoisotopic (exact) mass is 534 g/mol. The van der Waals surface area contributed by atoms with Crippen molar-refractivity contribution in [1.82, 2.24) is 0 Å². The summed E-state index contributed by atoms with van der Waals surface area (Å²) in [5.41, 5.74) is 5.94. The number of hydrogen-bond donors (Lipinski definition) is 2. The Morgan fingerprint density at radius 3 is 1.38 bits per heavy atom. The first-order valence-corrected chi connectivity index (χ1v) is 12.2. The van der Waals surface area contributed by atoms with Gasteiger partial charge >= 0.3 is 11.4 Å². The predicted octanol–water partition coefficient (Wildman–Crippen LogP) is 3.94. The van der Waals surface area contributed by atoms with Crippen LogP contribution in [0.2, 0.25) is 0 Å². The van der Waals surface area contributed by atoms with E-state index in [2.05, 4.69) is 21.1 Å². The standard InChI is InChI=1S/C23H18N8O8/c32-28(33)8-1-3-12(14(5-8)30(36)37)24-26-22-18-10-7-11-17-16(10)20(22)21(17)23(19(11)18)27-25-13-4-2-9(29(34)35)6-15(13)31(38)39/h1-6,10-11,16-21,24-25H,7H2/b26-22-,27-23-/t10-,11+,16-,17+,18+,19-,20-,21-/m0/s1. The van der Waals surface area contributed by atoms with E-state index in [1.54, 1.807) is 0 Å². The number of nitrogens with one attached hydrogen (secondary N) is 2. The first-order chi connectivity index (χ1) is 18.7. The van der Waals surface area contributed by atoms with Crippen molar-refractivity contribution < 1.29 is 19.7 Å². The maximum Gasteiger partial charge on any atom is 0.301 e. The summed E-state index contributed by atoms with van der Waals surface area (Å²) in [6.45, 7) is 0. The number of rotatable bonds is 8. The molecule has 0 amide bonds. The fraction of sp³-hybridized carbons (Fsp3) is 0.391. The number of nitro benzene ring substituents is 4. The molecule has 0 spiro atoms. The van der Waals surface area contributed by atoms with E-state index in [1.165, 1.54) is 24.3 Å². The van der Waals surface area contributed by atoms with Crippen LogP contribution in [0.1, 0.15) is 6.42 Å². The molecule has 0 aliphatic heterocycles. The molecule has 39 heavy (non-hydrogen) atoms. The summed E-state index contributed by atoms with van der Waals surface area (Å²) in [5.74, 6) is 2.16. The van der Waals surface area contributed by atoms with Crippen molar-refractivity contribution in [1.29, 1.82) is 0 Å². The molecule has 2 aromatic carbocycles. The van der Waals surface area contributed by atoms with E-state index in [9.17, 15) is 40.5 Å². The molecule has 5 aliphatic rings. The van der Waals surface area contributed by atoms with Crippen LogP contribution in [0.15, 0.2) is 46.6 Å². The largest absolute Gasteiger partial charge is 0.301 e. The Balaban J connectivity index is 1.18. The lowest BCUT2D eigenvalue weighted by molar-refractivity contribution is -0.393. The number of anilines is 2. The Morgan fingerprint density at radius 1 is 0.615 bits per heavy atom. The third-order valence-corrected chi connectivity index (χ3v) is 9.26. The minimum atomic E-state index is -0.696. The summed E-state index contributed by atoms with van der Waals surface area (Å²) in [4.78, 5) is 42.3. The molecule has 16 heteroatoms. The summed E-state index contributed by atoms with van der Waals surface area (Å²) in [6, 6.07) is 6.72. The summed E-state index contributed by atoms with van der Waals surface area (Å²) in [7, 11) is 0. The highest BCUT2D eigenvalue weighted by atomic mass is 16.6. The normalized spacial score (nSPS) is 33.9. The van der Waals surface area contributed by atoms with Gasteiger partial charge in [0.25, 0.3) is 11.4 Å². The van der Waals surface area contributed by atoms with Gasteiger partial charge in [0.1, 0.15) is 11.4 Å². The van der Waals surface area contributed by atoms with Crippen LogP contribution in [0.3, 0.4) is 0 Å². The fourth-order valence-corrected chi connectivity index (χ4v) is 8.17. The van der Waals surface area contributed by atoms with Gasteiger partial charge in [-0.2, -0.15) is 10.2 Å². The van der Waals surface area contributed by atoms with Crippen LogP contribution < -0.4 is 10.9 Å². The van der Waals surface area contributed by atoms with Crippen molar-refractivity contribution >= 4 is 45.5 Å². The number of hydrogen-bond acceptors (Lipinski definition) is 12. The van der Waals surface area contributed by atoms with Crippen molar-refractivity contribution in [2.24, 2.45) is 57.5 Å². The zero-order chi connectivity index (χ0) is 27.3. The Labute approximate surface area is 217 Å². The molecule has 2 N–H and O–H groups in total. The quantitative estimate of drug-likeness (QED) is 0.366. The molecule has 5 aliphatic carbocycles. The van der Waals surface area contributed by atoms with Gasteiger partial charge in [-0.05, 0) is 42.2 Å². The fourth-order valence-electron chi connectivity index (χ4n) is 8.17. The summed E-state index contributed by atoms with van der Waals surface area (Å²) < 4.78 is 0. The molecule has 5 saturated carbocycles. The average molecular weight is 534 g/mol. The third kappa shape index (κ3) is 2.98. The minimum Gasteiger partial charge on any atom is -0.272 e. The van der Waals surface area contributed by atoms with E-state index in [0.717, 1.165) is 30.0 Å². The lowest BCUT2D eigenvalue weighted by Gasteiger charge is -2.44. The molecule has 2 bridgehead atoms. The SMILES string of the molecule is O=[N+]([O-])c1ccc(N/N=C2/[C@@H]3[C@H]4C[C@H]5[C@@H]3/C(=N/Nc3ccc([N+](=O)[O-])cc3[N+](=O)[O-])[C@@H]3[C@@H]2[C@@H]4[C@@H]53)c([N+](=O)[O-])c1. The topological polar surface area (TPSA) is 221 Å². The van der Waals surface area contributed by atoms with Gasteiger partial charge in [0, 0.05) is 47.2 Å². The molecular weight excluding hydrogens is 516 g/mol. The second-order valence-electron chi connectivity index (χ2n) is 10.5. The van der Waals surface area contributed by atoms with E-state index in [4.69, 9.17) is 0 Å². The highest BCUT2D eigenvalue weighted by Gasteiger charge is 2.82. The first kappa shape index (κ1) is 23.1. The molecule has 16 nitrogen and oxygen atoms in total. The lowest BCUT2D eigenvalue weighted by atomic mass is 9.59. The summed E-state index contributed by atoms with van der Waals surface area (Å²) in [5, 5.41) is 54.3. The van der Waals surface area contributed by atoms with E-state index < -0.39 is 31.1 Å². The smallest absolute Gasteiger partial charge is 0.272 e. The maximum atomic E-state index is 11.5. The molecule has 198 valence electrons. The van der Waals surface area contributed by atoms with E-state index >= 15 is 0 Å². The van der Waals surface area contributed by atoms with E-state index in [0.29, 0.717) is 23.7 Å². The zero-order valence-electron chi connectivity index (χ0n) is 19.7. The van der Waals surface area contributed by atoms with Gasteiger partial charge in [0.15, 0.2) is 0 Å². The second-order valence-corrected chi connectivity index (χ2v) is 10.5. The van der Waals surface area contributed by atoms with Gasteiger partial charge in [0.05, 0.1) is 31.8 Å². The van der Waals surface area contributed by atoms with Gasteiger partial charge in [-0.1, -0.05) is 0 Å². The van der Waals surface area contributed by atoms with Crippen LogP contribution in [0.25, 0.3) is 0 Å². The molecule has 0 radical (unpaired) electrons. The number of non-ortho nitro benzene ring substituents is 2. The van der Waals surface area contributed by atoms with Gasteiger partial charge in [-0.25, -0.2) is 0 Å². The van der Waals surface area contributed by atoms with Crippen LogP contribution in [0, 0.1) is 87.8 Å². The molecule has 2 aromatic rings. The Kier molecular flexibility index (Phi) is 4.59. The number of hydrazone groups is 2. The molecular formula is C23H18N8O8. The predicted molar refractivity (Wildman–Crippen MR) is 134 cm³/mol. The van der Waals surface area contributed by atoms with Crippen LogP contribution in [0.4, 0.5) is 34.1 Å². The minimum absolute atomic E-state index is 0.0671. The molecule has 7 rings (SSSR count). The van der Waals surface area contributed by atoms with Crippen LogP contribution in [0.5, 0.6) is 0 Å². The van der Waals surface area contributed by atoms with E-state index in [-0.39, 0.29) is 46.4 Å². The second kappa shape index (κ2) is 7.75. The zero-order valence-corrected chi connectivity index (χ0v) is 19.7. The van der Waals surface area contributed by atoms with Crippen molar-refractivity contribution in [3.8, 4) is 0 Å². The summed E-state index contributed by atoms with van der Waals surface area (Å²) in [6.07, 6.45) is 1.03. The van der Waals surface area contributed by atoms with Gasteiger partial charge in [-0.3, -0.25) is 51.3 Å². The Hall–Kier alpha value is -5.02. The molecule has 8 atom stereocenters. The molecule has 0 aromatic heterocycles. The van der Waals surface area contributed by atoms with Gasteiger partial charge in [-0.15, -0.1) is 0 Å². The van der Waals surface area contributed by atoms with Crippen LogP contribution in [-0.2, 0) is 0 Å². The number of fused-ring (bicyclic) bond motifs is 2. The van der Waals surface area contributed by atoms with Crippen molar-refractivity contribution in [2.75, 3.05) is 10.9 Å². The highest BCUT2D eigenvalue weighted by Crippen LogP contribution is 2.81. The average Bonchev–Trinajstić information content (AvgIpc) is 3.44. The van der Waals surface area contributed by atoms with Crippen LogP contribution >= 0.6 is 0 Å². The first-order valence-electron chi connectivity index (χ1n) is 12.2. The maximum absolute atomic E-state index is 11.5. The number of benzene rings is 2. The van der Waals surface area contributed by atoms with Gasteiger partial charge < -0.3 is 0 Å². The van der Waals surface area contributed by atoms with Crippen molar-refractivity contribution in [2.45, 2.75) is 6.42 Å². The molecule has 0 unspecified atom stereocenters. The van der Waals surface area contributed by atoms with Gasteiger partial charge in [0.2, 0.25) is 0 Å². The Morgan fingerprint density at radius 2 is 1.03 bits per heavy atom. The number of nitrogens with zero attached hydrogens (tertiary/aromatic N) is 6. The third-order valence-electron chi connectivity index (χ3n) is 9.26.